The molecule has 0 saturated carbocycles. The zero-order valence-electron chi connectivity index (χ0n) is 6.23. The third-order valence-electron chi connectivity index (χ3n) is 1.71. The maximum absolute atomic E-state index is 9.02. The third-order valence-corrected chi connectivity index (χ3v) is 2.75. The van der Waals surface area contributed by atoms with Gasteiger partial charge < -0.3 is 14.6 Å². The Kier molecular flexibility index (Phi) is 3.49. The number of halogens is 3. The van der Waals surface area contributed by atoms with Gasteiger partial charge in [0.05, 0.1) is 26.4 Å². The van der Waals surface area contributed by atoms with Crippen molar-refractivity contribution >= 4 is 34.8 Å². The first-order chi connectivity index (χ1) is 5.52. The number of rotatable bonds is 1. The van der Waals surface area contributed by atoms with E-state index in [0.717, 1.165) is 0 Å². The summed E-state index contributed by atoms with van der Waals surface area (Å²) < 4.78 is 8.61. The Morgan fingerprint density at radius 1 is 1.33 bits per heavy atom. The van der Waals surface area contributed by atoms with E-state index < -0.39 is 9.39 Å². The van der Waals surface area contributed by atoms with E-state index in [1.165, 1.54) is 0 Å². The molecule has 1 fully saturated rings. The van der Waals surface area contributed by atoms with Crippen molar-refractivity contribution in [2.24, 2.45) is 0 Å². The van der Waals surface area contributed by atoms with Gasteiger partial charge in [0.15, 0.2) is 5.60 Å². The summed E-state index contributed by atoms with van der Waals surface area (Å²) in [7, 11) is 0. The molecule has 72 valence electrons. The first kappa shape index (κ1) is 10.8. The molecule has 6 heteroatoms. The van der Waals surface area contributed by atoms with Crippen molar-refractivity contribution < 1.29 is 14.6 Å². The molecule has 0 radical (unpaired) electrons. The maximum Gasteiger partial charge on any atom is 0.223 e. The smallest absolute Gasteiger partial charge is 0.223 e. The molecule has 3 nitrogen and oxygen atoms in total. The number of aliphatic hydroxyl groups is 1. The Morgan fingerprint density at radius 3 is 2.25 bits per heavy atom. The number of hydrogen-bond acceptors (Lipinski definition) is 3. The molecule has 1 aliphatic heterocycles. The van der Waals surface area contributed by atoms with Crippen molar-refractivity contribution in [2.45, 2.75) is 9.39 Å². The van der Waals surface area contributed by atoms with E-state index in [4.69, 9.17) is 49.4 Å². The van der Waals surface area contributed by atoms with Crippen molar-refractivity contribution in [2.75, 3.05) is 26.4 Å². The first-order valence-corrected chi connectivity index (χ1v) is 4.54. The first-order valence-electron chi connectivity index (χ1n) is 3.41. The Labute approximate surface area is 85.5 Å². The number of aliphatic hydroxyl groups excluding tert-OH is 1. The van der Waals surface area contributed by atoms with Crippen LogP contribution in [0.1, 0.15) is 0 Å². The van der Waals surface area contributed by atoms with Gasteiger partial charge in [0.2, 0.25) is 3.79 Å². The highest BCUT2D eigenvalue weighted by Gasteiger charge is 2.51. The van der Waals surface area contributed by atoms with Gasteiger partial charge in [-0.1, -0.05) is 34.8 Å². The maximum atomic E-state index is 9.02. The van der Waals surface area contributed by atoms with E-state index >= 15 is 0 Å². The fourth-order valence-electron chi connectivity index (χ4n) is 0.919. The van der Waals surface area contributed by atoms with E-state index in [-0.39, 0.29) is 13.2 Å². The van der Waals surface area contributed by atoms with Crippen molar-refractivity contribution in [3.63, 3.8) is 0 Å². The minimum absolute atomic E-state index is 0.0972. The van der Waals surface area contributed by atoms with Crippen molar-refractivity contribution in [1.29, 1.82) is 0 Å². The van der Waals surface area contributed by atoms with Gasteiger partial charge in [0.25, 0.3) is 0 Å². The van der Waals surface area contributed by atoms with Crippen LogP contribution in [-0.4, -0.2) is 40.9 Å². The Morgan fingerprint density at radius 2 is 2.00 bits per heavy atom. The fourth-order valence-corrected chi connectivity index (χ4v) is 1.43. The molecule has 1 heterocycles. The van der Waals surface area contributed by atoms with Gasteiger partial charge in [-0.3, -0.25) is 0 Å². The van der Waals surface area contributed by atoms with Gasteiger partial charge in [-0.25, -0.2) is 0 Å². The molecule has 0 aromatic rings. The van der Waals surface area contributed by atoms with Crippen LogP contribution in [0.3, 0.4) is 0 Å². The second-order valence-electron chi connectivity index (χ2n) is 2.55. The standard InChI is InChI=1S/C6H9Cl3O3/c7-6(8,9)5(3-10)4-11-1-2-12-5/h10H,1-4H2. The topological polar surface area (TPSA) is 38.7 Å². The highest BCUT2D eigenvalue weighted by molar-refractivity contribution is 6.68. The van der Waals surface area contributed by atoms with Crippen LogP contribution in [0.15, 0.2) is 0 Å². The summed E-state index contributed by atoms with van der Waals surface area (Å²) in [6, 6.07) is 0. The monoisotopic (exact) mass is 234 g/mol. The summed E-state index contributed by atoms with van der Waals surface area (Å²) in [4.78, 5) is 0. The number of alkyl halides is 3. The van der Waals surface area contributed by atoms with Crippen LogP contribution in [0.4, 0.5) is 0 Å². The zero-order chi connectivity index (χ0) is 9.24. The molecule has 0 aromatic carbocycles. The second kappa shape index (κ2) is 3.86. The van der Waals surface area contributed by atoms with Gasteiger partial charge in [0.1, 0.15) is 0 Å². The minimum atomic E-state index is -1.66. The molecule has 0 amide bonds. The lowest BCUT2D eigenvalue weighted by atomic mass is 10.1. The summed E-state index contributed by atoms with van der Waals surface area (Å²) >= 11 is 16.9. The van der Waals surface area contributed by atoms with Crippen molar-refractivity contribution in [1.82, 2.24) is 0 Å². The van der Waals surface area contributed by atoms with Crippen LogP contribution in [0.2, 0.25) is 0 Å². The van der Waals surface area contributed by atoms with E-state index in [1.54, 1.807) is 0 Å². The minimum Gasteiger partial charge on any atom is -0.393 e. The van der Waals surface area contributed by atoms with E-state index in [0.29, 0.717) is 13.2 Å². The Balaban J connectivity index is 2.73. The van der Waals surface area contributed by atoms with Gasteiger partial charge >= 0.3 is 0 Å². The average molecular weight is 235 g/mol. The lowest BCUT2D eigenvalue weighted by Gasteiger charge is -2.40. The van der Waals surface area contributed by atoms with Gasteiger partial charge in [-0.15, -0.1) is 0 Å². The highest BCUT2D eigenvalue weighted by Crippen LogP contribution is 2.41. The summed E-state index contributed by atoms with van der Waals surface area (Å²) in [5, 5.41) is 9.02. The summed E-state index contributed by atoms with van der Waals surface area (Å²) in [5.41, 5.74) is -1.21. The van der Waals surface area contributed by atoms with Crippen LogP contribution in [0.5, 0.6) is 0 Å². The molecule has 0 spiro atoms. The second-order valence-corrected chi connectivity index (χ2v) is 4.83. The molecule has 1 rings (SSSR count). The SMILES string of the molecule is OCC1(C(Cl)(Cl)Cl)COCCO1. The van der Waals surface area contributed by atoms with Gasteiger partial charge in [0, 0.05) is 0 Å². The van der Waals surface area contributed by atoms with Crippen LogP contribution >= 0.6 is 34.8 Å². The molecule has 1 aliphatic rings. The van der Waals surface area contributed by atoms with Crippen molar-refractivity contribution in [3.05, 3.63) is 0 Å². The lowest BCUT2D eigenvalue weighted by molar-refractivity contribution is -0.172. The molecular formula is C6H9Cl3O3. The predicted molar refractivity (Wildman–Crippen MR) is 46.9 cm³/mol. The highest BCUT2D eigenvalue weighted by atomic mass is 35.6. The molecule has 1 atom stereocenters. The summed E-state index contributed by atoms with van der Waals surface area (Å²) in [6.07, 6.45) is 0. The lowest BCUT2D eigenvalue weighted by Crippen LogP contribution is -2.55. The predicted octanol–water partition coefficient (Wildman–Crippen LogP) is 1.13. The molecule has 12 heavy (non-hydrogen) atoms. The largest absolute Gasteiger partial charge is 0.393 e. The summed E-state index contributed by atoms with van der Waals surface area (Å²) in [6.45, 7) is 0.514. The molecule has 0 bridgehead atoms. The fraction of sp³-hybridized carbons (Fsp3) is 1.00. The number of hydrogen-bond donors (Lipinski definition) is 1. The molecule has 1 saturated heterocycles. The van der Waals surface area contributed by atoms with Crippen LogP contribution in [0, 0.1) is 0 Å². The third kappa shape index (κ3) is 1.97. The normalized spacial score (nSPS) is 32.0. The number of ether oxygens (including phenoxy) is 2. The molecule has 0 aliphatic carbocycles. The van der Waals surface area contributed by atoms with E-state index in [2.05, 4.69) is 0 Å². The van der Waals surface area contributed by atoms with Gasteiger partial charge in [-0.05, 0) is 0 Å². The molecule has 1 unspecified atom stereocenters. The Hall–Kier alpha value is 0.750. The van der Waals surface area contributed by atoms with Gasteiger partial charge in [-0.2, -0.15) is 0 Å². The summed E-state index contributed by atoms with van der Waals surface area (Å²) in [5.74, 6) is 0. The van der Waals surface area contributed by atoms with E-state index in [9.17, 15) is 0 Å². The average Bonchev–Trinajstić information content (AvgIpc) is 2.04. The quantitative estimate of drug-likeness (QED) is 0.693. The van der Waals surface area contributed by atoms with E-state index in [1.807, 2.05) is 0 Å². The zero-order valence-corrected chi connectivity index (χ0v) is 8.49. The van der Waals surface area contributed by atoms with Crippen molar-refractivity contribution in [3.8, 4) is 0 Å². The molecule has 1 N–H and O–H groups in total. The Bertz CT molecular complexity index is 151. The van der Waals surface area contributed by atoms with Crippen LogP contribution in [0.25, 0.3) is 0 Å². The van der Waals surface area contributed by atoms with Crippen LogP contribution < -0.4 is 0 Å². The van der Waals surface area contributed by atoms with Crippen LogP contribution in [-0.2, 0) is 9.47 Å². The molecule has 0 aromatic heterocycles. The molecular weight excluding hydrogens is 226 g/mol.